The van der Waals surface area contributed by atoms with Crippen LogP contribution in [0.3, 0.4) is 0 Å². The van der Waals surface area contributed by atoms with E-state index in [0.29, 0.717) is 11.0 Å². The first-order valence-corrected chi connectivity index (χ1v) is 6.09. The monoisotopic (exact) mass is 275 g/mol. The van der Waals surface area contributed by atoms with Crippen LogP contribution in [-0.4, -0.2) is 23.0 Å². The van der Waals surface area contributed by atoms with Crippen molar-refractivity contribution >= 4 is 22.8 Å². The lowest BCUT2D eigenvalue weighted by Crippen LogP contribution is -2.41. The van der Waals surface area contributed by atoms with E-state index in [4.69, 9.17) is 9.52 Å². The first-order valence-electron chi connectivity index (χ1n) is 6.09. The number of carboxylic acid groups (broad SMARTS) is 1. The highest BCUT2D eigenvalue weighted by atomic mass is 16.4. The summed E-state index contributed by atoms with van der Waals surface area (Å²) in [5, 5.41) is 11.8. The van der Waals surface area contributed by atoms with E-state index < -0.39 is 23.5 Å². The number of nitrogens with one attached hydrogen (secondary N) is 1. The summed E-state index contributed by atoms with van der Waals surface area (Å²) >= 11 is 0. The van der Waals surface area contributed by atoms with Crippen LogP contribution in [-0.2, 0) is 4.79 Å². The fourth-order valence-electron chi connectivity index (χ4n) is 1.79. The molecule has 1 heterocycles. The van der Waals surface area contributed by atoms with Crippen molar-refractivity contribution in [1.29, 1.82) is 0 Å². The lowest BCUT2D eigenvalue weighted by molar-refractivity contribution is -0.139. The van der Waals surface area contributed by atoms with Crippen molar-refractivity contribution in [3.8, 4) is 0 Å². The predicted octanol–water partition coefficient (Wildman–Crippen LogP) is 1.39. The number of carbonyl (C=O) groups is 2. The molecule has 2 N–H and O–H groups in total. The van der Waals surface area contributed by atoms with Crippen molar-refractivity contribution in [2.24, 2.45) is 0 Å². The molecule has 2 aromatic rings. The Labute approximate surface area is 114 Å². The Kier molecular flexibility index (Phi) is 3.84. The Balaban J connectivity index is 2.37. The van der Waals surface area contributed by atoms with E-state index in [-0.39, 0.29) is 12.0 Å². The van der Waals surface area contributed by atoms with Crippen molar-refractivity contribution in [3.63, 3.8) is 0 Å². The predicted molar refractivity (Wildman–Crippen MR) is 71.7 cm³/mol. The maximum Gasteiger partial charge on any atom is 0.349 e. The van der Waals surface area contributed by atoms with Crippen molar-refractivity contribution in [1.82, 2.24) is 5.32 Å². The SMILES string of the molecule is CCC(NC(=O)c1cc2ccccc2oc1=O)C(=O)O. The van der Waals surface area contributed by atoms with E-state index in [9.17, 15) is 14.4 Å². The fraction of sp³-hybridized carbons (Fsp3) is 0.214. The van der Waals surface area contributed by atoms with E-state index >= 15 is 0 Å². The lowest BCUT2D eigenvalue weighted by atomic mass is 10.1. The summed E-state index contributed by atoms with van der Waals surface area (Å²) in [4.78, 5) is 34.6. The second-order valence-electron chi connectivity index (χ2n) is 4.26. The number of rotatable bonds is 4. The number of hydrogen-bond donors (Lipinski definition) is 2. The number of aliphatic carboxylic acids is 1. The van der Waals surface area contributed by atoms with E-state index in [1.807, 2.05) is 0 Å². The van der Waals surface area contributed by atoms with Crippen LogP contribution in [0.2, 0.25) is 0 Å². The van der Waals surface area contributed by atoms with Gasteiger partial charge in [-0.25, -0.2) is 9.59 Å². The minimum Gasteiger partial charge on any atom is -0.480 e. The van der Waals surface area contributed by atoms with E-state index in [1.165, 1.54) is 6.07 Å². The number of carbonyl (C=O) groups excluding carboxylic acids is 1. The average molecular weight is 275 g/mol. The molecule has 0 aliphatic rings. The molecular weight excluding hydrogens is 262 g/mol. The summed E-state index contributed by atoms with van der Waals surface area (Å²) in [7, 11) is 0. The molecule has 1 unspecified atom stereocenters. The van der Waals surface area contributed by atoms with Gasteiger partial charge in [0.05, 0.1) is 0 Å². The average Bonchev–Trinajstić information content (AvgIpc) is 2.43. The number of hydrogen-bond acceptors (Lipinski definition) is 4. The molecule has 1 atom stereocenters. The quantitative estimate of drug-likeness (QED) is 0.822. The largest absolute Gasteiger partial charge is 0.480 e. The van der Waals surface area contributed by atoms with Gasteiger partial charge in [0, 0.05) is 5.39 Å². The van der Waals surface area contributed by atoms with Gasteiger partial charge in [0.2, 0.25) is 0 Å². The number of amides is 1. The van der Waals surface area contributed by atoms with Gasteiger partial charge in [-0.3, -0.25) is 4.79 Å². The Hall–Kier alpha value is -2.63. The second-order valence-corrected chi connectivity index (χ2v) is 4.26. The number of carboxylic acids is 1. The molecule has 6 heteroatoms. The second kappa shape index (κ2) is 5.56. The highest BCUT2D eigenvalue weighted by Crippen LogP contribution is 2.12. The standard InChI is InChI=1S/C14H13NO5/c1-2-10(13(17)18)15-12(16)9-7-8-5-3-4-6-11(8)20-14(9)19/h3-7,10H,2H2,1H3,(H,15,16)(H,17,18). The summed E-state index contributed by atoms with van der Waals surface area (Å²) in [6.45, 7) is 1.63. The lowest BCUT2D eigenvalue weighted by Gasteiger charge is -2.11. The van der Waals surface area contributed by atoms with Crippen LogP contribution in [0.25, 0.3) is 11.0 Å². The Bertz CT molecular complexity index is 719. The molecule has 6 nitrogen and oxygen atoms in total. The Morgan fingerprint density at radius 3 is 2.70 bits per heavy atom. The molecule has 0 bridgehead atoms. The Morgan fingerprint density at radius 2 is 2.05 bits per heavy atom. The third-order valence-corrected chi connectivity index (χ3v) is 2.90. The van der Waals surface area contributed by atoms with E-state index in [0.717, 1.165) is 0 Å². The zero-order chi connectivity index (χ0) is 14.7. The van der Waals surface area contributed by atoms with Crippen LogP contribution in [0.4, 0.5) is 0 Å². The first kappa shape index (κ1) is 13.8. The maximum absolute atomic E-state index is 11.9. The van der Waals surface area contributed by atoms with Crippen molar-refractivity contribution < 1.29 is 19.1 Å². The molecule has 0 aliphatic heterocycles. The van der Waals surface area contributed by atoms with Gasteiger partial charge in [0.15, 0.2) is 0 Å². The molecule has 0 radical (unpaired) electrons. The molecule has 1 aromatic heterocycles. The third-order valence-electron chi connectivity index (χ3n) is 2.90. The van der Waals surface area contributed by atoms with Gasteiger partial charge in [-0.15, -0.1) is 0 Å². The van der Waals surface area contributed by atoms with Crippen molar-refractivity contribution in [3.05, 3.63) is 46.3 Å². The number of para-hydroxylation sites is 1. The molecule has 104 valence electrons. The molecule has 0 saturated carbocycles. The van der Waals surface area contributed by atoms with Crippen LogP contribution in [0.1, 0.15) is 23.7 Å². The number of fused-ring (bicyclic) bond motifs is 1. The van der Waals surface area contributed by atoms with Crippen molar-refractivity contribution in [2.45, 2.75) is 19.4 Å². The van der Waals surface area contributed by atoms with Crippen molar-refractivity contribution in [2.75, 3.05) is 0 Å². The summed E-state index contributed by atoms with van der Waals surface area (Å²) in [5.74, 6) is -1.90. The smallest absolute Gasteiger partial charge is 0.349 e. The minimum atomic E-state index is -1.15. The third kappa shape index (κ3) is 2.69. The topological polar surface area (TPSA) is 96.6 Å². The summed E-state index contributed by atoms with van der Waals surface area (Å²) in [6, 6.07) is 7.13. The molecule has 1 aromatic carbocycles. The van der Waals surface area contributed by atoms with Crippen LogP contribution in [0, 0.1) is 0 Å². The van der Waals surface area contributed by atoms with Crippen LogP contribution in [0.15, 0.2) is 39.5 Å². The van der Waals surface area contributed by atoms with Gasteiger partial charge in [-0.1, -0.05) is 25.1 Å². The first-order chi connectivity index (χ1) is 9.52. The normalized spacial score (nSPS) is 12.1. The van der Waals surface area contributed by atoms with Gasteiger partial charge in [-0.2, -0.15) is 0 Å². The van der Waals surface area contributed by atoms with E-state index in [2.05, 4.69) is 5.32 Å². The van der Waals surface area contributed by atoms with Gasteiger partial charge in [0.1, 0.15) is 17.2 Å². The maximum atomic E-state index is 11.9. The van der Waals surface area contributed by atoms with Gasteiger partial charge >= 0.3 is 11.6 Å². The number of benzene rings is 1. The van der Waals surface area contributed by atoms with Crippen LogP contribution in [0.5, 0.6) is 0 Å². The molecule has 20 heavy (non-hydrogen) atoms. The van der Waals surface area contributed by atoms with E-state index in [1.54, 1.807) is 31.2 Å². The van der Waals surface area contributed by atoms with Gasteiger partial charge in [-0.05, 0) is 18.6 Å². The van der Waals surface area contributed by atoms with Gasteiger partial charge in [0.25, 0.3) is 5.91 Å². The highest BCUT2D eigenvalue weighted by molar-refractivity contribution is 5.98. The zero-order valence-electron chi connectivity index (χ0n) is 10.8. The highest BCUT2D eigenvalue weighted by Gasteiger charge is 2.21. The van der Waals surface area contributed by atoms with Gasteiger partial charge < -0.3 is 14.8 Å². The molecule has 2 rings (SSSR count). The summed E-state index contributed by atoms with van der Waals surface area (Å²) in [6.07, 6.45) is 0.222. The molecule has 1 amide bonds. The van der Waals surface area contributed by atoms with Crippen LogP contribution < -0.4 is 10.9 Å². The van der Waals surface area contributed by atoms with Crippen LogP contribution >= 0.6 is 0 Å². The molecule has 0 fully saturated rings. The zero-order valence-corrected chi connectivity index (χ0v) is 10.8. The molecule has 0 saturated heterocycles. The molecule has 0 spiro atoms. The summed E-state index contributed by atoms with van der Waals surface area (Å²) in [5.41, 5.74) is -0.621. The minimum absolute atomic E-state index is 0.205. The summed E-state index contributed by atoms with van der Waals surface area (Å²) < 4.78 is 5.03. The Morgan fingerprint density at radius 1 is 1.35 bits per heavy atom. The molecule has 0 aliphatic carbocycles. The molecular formula is C14H13NO5. The fourth-order valence-corrected chi connectivity index (χ4v) is 1.79.